The van der Waals surface area contributed by atoms with Gasteiger partial charge in [0.25, 0.3) is 0 Å². The summed E-state index contributed by atoms with van der Waals surface area (Å²) in [5.41, 5.74) is 7.06. The van der Waals surface area contributed by atoms with Crippen LogP contribution in [0.25, 0.3) is 11.0 Å². The van der Waals surface area contributed by atoms with Gasteiger partial charge in [0.2, 0.25) is 0 Å². The fourth-order valence-electron chi connectivity index (χ4n) is 1.64. The molecule has 4 heteroatoms. The molecule has 2 aromatic rings. The number of benzene rings is 1. The molecule has 15 heavy (non-hydrogen) atoms. The van der Waals surface area contributed by atoms with Crippen molar-refractivity contribution in [3.63, 3.8) is 0 Å². The third kappa shape index (κ3) is 1.98. The summed E-state index contributed by atoms with van der Waals surface area (Å²) in [6, 6.07) is 2.76. The van der Waals surface area contributed by atoms with Crippen LogP contribution in [0.15, 0.2) is 22.8 Å². The Morgan fingerprint density at radius 1 is 1.53 bits per heavy atom. The molecule has 0 fully saturated rings. The van der Waals surface area contributed by atoms with Crippen molar-refractivity contribution in [1.29, 1.82) is 0 Å². The van der Waals surface area contributed by atoms with Gasteiger partial charge in [0.15, 0.2) is 0 Å². The summed E-state index contributed by atoms with van der Waals surface area (Å²) in [7, 11) is 0. The van der Waals surface area contributed by atoms with Gasteiger partial charge in [-0.15, -0.1) is 0 Å². The van der Waals surface area contributed by atoms with Crippen LogP contribution in [0.1, 0.15) is 12.5 Å². The smallest absolute Gasteiger partial charge is 0.138 e. The highest BCUT2D eigenvalue weighted by atomic mass is 35.5. The molecule has 0 saturated heterocycles. The minimum atomic E-state index is -0.318. The van der Waals surface area contributed by atoms with Crippen LogP contribution in [-0.4, -0.2) is 6.04 Å². The molecule has 2 rings (SSSR count). The Bertz CT molecular complexity index is 493. The Morgan fingerprint density at radius 2 is 2.27 bits per heavy atom. The van der Waals surface area contributed by atoms with Gasteiger partial charge in [-0.25, -0.2) is 4.39 Å². The number of fused-ring (bicyclic) bond motifs is 1. The average Bonchev–Trinajstić information content (AvgIpc) is 2.47. The highest BCUT2D eigenvalue weighted by Crippen LogP contribution is 2.29. The highest BCUT2D eigenvalue weighted by molar-refractivity contribution is 6.35. The Hall–Kier alpha value is -1.06. The highest BCUT2D eigenvalue weighted by Gasteiger charge is 2.12. The second kappa shape index (κ2) is 3.83. The molecule has 1 aromatic heterocycles. The lowest BCUT2D eigenvalue weighted by atomic mass is 10.1. The molecule has 0 saturated carbocycles. The number of hydrogen-bond donors (Lipinski definition) is 1. The number of rotatable bonds is 2. The van der Waals surface area contributed by atoms with E-state index in [0.29, 0.717) is 22.4 Å². The number of furan rings is 1. The lowest BCUT2D eigenvalue weighted by Gasteiger charge is -2.05. The van der Waals surface area contributed by atoms with Crippen LogP contribution in [0.2, 0.25) is 5.02 Å². The van der Waals surface area contributed by atoms with Gasteiger partial charge in [-0.05, 0) is 31.0 Å². The van der Waals surface area contributed by atoms with Gasteiger partial charge < -0.3 is 10.2 Å². The SMILES string of the molecule is CC(N)Cc1cc(F)cc2c(Cl)coc12. The molecular formula is C11H11ClFNO. The summed E-state index contributed by atoms with van der Waals surface area (Å²) in [6.45, 7) is 1.86. The molecule has 1 aromatic carbocycles. The molecular weight excluding hydrogens is 217 g/mol. The first-order chi connectivity index (χ1) is 7.08. The molecule has 2 nitrogen and oxygen atoms in total. The first-order valence-corrected chi connectivity index (χ1v) is 5.06. The van der Waals surface area contributed by atoms with Crippen molar-refractivity contribution in [2.45, 2.75) is 19.4 Å². The van der Waals surface area contributed by atoms with E-state index in [1.807, 2.05) is 6.92 Å². The Labute approximate surface area is 91.8 Å². The van der Waals surface area contributed by atoms with E-state index in [1.54, 1.807) is 0 Å². The first kappa shape index (κ1) is 10.5. The van der Waals surface area contributed by atoms with E-state index in [-0.39, 0.29) is 11.9 Å². The van der Waals surface area contributed by atoms with Gasteiger partial charge in [0, 0.05) is 11.4 Å². The van der Waals surface area contributed by atoms with Crippen LogP contribution in [-0.2, 0) is 6.42 Å². The molecule has 0 amide bonds. The predicted octanol–water partition coefficient (Wildman–Crippen LogP) is 3.12. The number of hydrogen-bond acceptors (Lipinski definition) is 2. The molecule has 0 radical (unpaired) electrons. The lowest BCUT2D eigenvalue weighted by molar-refractivity contribution is 0.597. The molecule has 80 valence electrons. The van der Waals surface area contributed by atoms with Crippen molar-refractivity contribution in [3.05, 3.63) is 34.8 Å². The molecule has 0 aliphatic carbocycles. The second-order valence-corrected chi connectivity index (χ2v) is 4.11. The summed E-state index contributed by atoms with van der Waals surface area (Å²) in [4.78, 5) is 0. The number of halogens is 2. The molecule has 0 aliphatic rings. The lowest BCUT2D eigenvalue weighted by Crippen LogP contribution is -2.17. The van der Waals surface area contributed by atoms with Crippen LogP contribution >= 0.6 is 11.6 Å². The normalized spacial score (nSPS) is 13.3. The average molecular weight is 228 g/mol. The van der Waals surface area contributed by atoms with Gasteiger partial charge in [0.05, 0.1) is 5.02 Å². The minimum Gasteiger partial charge on any atom is -0.462 e. The van der Waals surface area contributed by atoms with Crippen LogP contribution < -0.4 is 5.73 Å². The summed E-state index contributed by atoms with van der Waals surface area (Å²) in [5.74, 6) is -0.318. The third-order valence-corrected chi connectivity index (χ3v) is 2.50. The monoisotopic (exact) mass is 227 g/mol. The van der Waals surface area contributed by atoms with Crippen LogP contribution in [0.3, 0.4) is 0 Å². The maximum atomic E-state index is 13.3. The van der Waals surface area contributed by atoms with Crippen molar-refractivity contribution in [1.82, 2.24) is 0 Å². The zero-order valence-corrected chi connectivity index (χ0v) is 9.01. The van der Waals surface area contributed by atoms with Crippen molar-refractivity contribution in [2.24, 2.45) is 5.73 Å². The first-order valence-electron chi connectivity index (χ1n) is 4.68. The topological polar surface area (TPSA) is 39.2 Å². The maximum absolute atomic E-state index is 13.3. The molecule has 1 heterocycles. The Morgan fingerprint density at radius 3 is 2.93 bits per heavy atom. The van der Waals surface area contributed by atoms with Gasteiger partial charge in [-0.1, -0.05) is 11.6 Å². The number of nitrogens with two attached hydrogens (primary N) is 1. The summed E-state index contributed by atoms with van der Waals surface area (Å²) in [6.07, 6.45) is 1.98. The van der Waals surface area contributed by atoms with E-state index in [1.165, 1.54) is 18.4 Å². The standard InChI is InChI=1S/C11H11ClFNO/c1-6(14)2-7-3-8(13)4-9-10(12)5-15-11(7)9/h3-6H,2,14H2,1H3. The summed E-state index contributed by atoms with van der Waals surface area (Å²) < 4.78 is 18.5. The van der Waals surface area contributed by atoms with Crippen molar-refractivity contribution in [3.8, 4) is 0 Å². The Balaban J connectivity index is 2.61. The fraction of sp³-hybridized carbons (Fsp3) is 0.273. The van der Waals surface area contributed by atoms with E-state index in [4.69, 9.17) is 21.8 Å². The van der Waals surface area contributed by atoms with E-state index >= 15 is 0 Å². The van der Waals surface area contributed by atoms with Crippen LogP contribution in [0.5, 0.6) is 0 Å². The molecule has 1 unspecified atom stereocenters. The minimum absolute atomic E-state index is 0.0427. The molecule has 0 spiro atoms. The molecule has 0 aliphatic heterocycles. The summed E-state index contributed by atoms with van der Waals surface area (Å²) >= 11 is 5.86. The fourth-order valence-corrected chi connectivity index (χ4v) is 1.82. The van der Waals surface area contributed by atoms with Crippen molar-refractivity contribution in [2.75, 3.05) is 0 Å². The van der Waals surface area contributed by atoms with Crippen molar-refractivity contribution < 1.29 is 8.81 Å². The van der Waals surface area contributed by atoms with Gasteiger partial charge in [0.1, 0.15) is 17.7 Å². The maximum Gasteiger partial charge on any atom is 0.138 e. The predicted molar refractivity (Wildman–Crippen MR) is 58.5 cm³/mol. The molecule has 2 N–H and O–H groups in total. The van der Waals surface area contributed by atoms with E-state index in [0.717, 1.165) is 5.56 Å². The van der Waals surface area contributed by atoms with Gasteiger partial charge >= 0.3 is 0 Å². The zero-order valence-electron chi connectivity index (χ0n) is 8.26. The van der Waals surface area contributed by atoms with Crippen LogP contribution in [0, 0.1) is 5.82 Å². The van der Waals surface area contributed by atoms with E-state index in [2.05, 4.69) is 0 Å². The quantitative estimate of drug-likeness (QED) is 0.856. The van der Waals surface area contributed by atoms with Crippen molar-refractivity contribution >= 4 is 22.6 Å². The largest absolute Gasteiger partial charge is 0.462 e. The zero-order chi connectivity index (χ0) is 11.0. The van der Waals surface area contributed by atoms with Crippen LogP contribution in [0.4, 0.5) is 4.39 Å². The van der Waals surface area contributed by atoms with Gasteiger partial charge in [-0.2, -0.15) is 0 Å². The van der Waals surface area contributed by atoms with Gasteiger partial charge in [-0.3, -0.25) is 0 Å². The Kier molecular flexibility index (Phi) is 2.67. The van der Waals surface area contributed by atoms with E-state index in [9.17, 15) is 4.39 Å². The van der Waals surface area contributed by atoms with E-state index < -0.39 is 0 Å². The second-order valence-electron chi connectivity index (χ2n) is 3.71. The third-order valence-electron chi connectivity index (χ3n) is 2.21. The molecule has 1 atom stereocenters. The molecule has 0 bridgehead atoms. The summed E-state index contributed by atoms with van der Waals surface area (Å²) in [5, 5.41) is 1.03.